The highest BCUT2D eigenvalue weighted by atomic mass is 19.4. The van der Waals surface area contributed by atoms with Gasteiger partial charge in [-0.25, -0.2) is 0 Å². The maximum absolute atomic E-state index is 13.5. The van der Waals surface area contributed by atoms with E-state index in [4.69, 9.17) is 13.7 Å². The Morgan fingerprint density at radius 1 is 1.07 bits per heavy atom. The summed E-state index contributed by atoms with van der Waals surface area (Å²) in [4.78, 5) is 0. The van der Waals surface area contributed by atoms with E-state index in [-0.39, 0.29) is 28.4 Å². The molecule has 2 aromatic heterocycles. The Hall–Kier alpha value is -3.42. The maximum atomic E-state index is 13.5. The number of phenols is 1. The number of nitrogens with zero attached hydrogens (tertiary/aromatic N) is 1. The fourth-order valence-corrected chi connectivity index (χ4v) is 2.83. The molecule has 0 aliphatic carbocycles. The van der Waals surface area contributed by atoms with Gasteiger partial charge < -0.3 is 18.8 Å². The molecule has 0 saturated heterocycles. The van der Waals surface area contributed by atoms with Gasteiger partial charge in [0.05, 0.1) is 18.2 Å². The minimum Gasteiger partial charge on any atom is -0.507 e. The molecule has 0 saturated carbocycles. The molecule has 0 aliphatic rings. The summed E-state index contributed by atoms with van der Waals surface area (Å²) in [6, 6.07) is 12.4. The van der Waals surface area contributed by atoms with Crippen molar-refractivity contribution in [3.05, 3.63) is 54.2 Å². The monoisotopic (exact) mass is 375 g/mol. The molecule has 27 heavy (non-hydrogen) atoms. The average Bonchev–Trinajstić information content (AvgIpc) is 3.24. The highest BCUT2D eigenvalue weighted by Gasteiger charge is 2.41. The summed E-state index contributed by atoms with van der Waals surface area (Å²) < 4.78 is 56.0. The lowest BCUT2D eigenvalue weighted by Gasteiger charge is -2.07. The fourth-order valence-electron chi connectivity index (χ4n) is 2.83. The number of halogens is 3. The zero-order valence-corrected chi connectivity index (χ0v) is 13.9. The fraction of sp³-hybridized carbons (Fsp3) is 0.105. The van der Waals surface area contributed by atoms with Crippen LogP contribution in [-0.4, -0.2) is 17.4 Å². The van der Waals surface area contributed by atoms with Gasteiger partial charge in [0.25, 0.3) is 0 Å². The molecule has 1 N–H and O–H groups in total. The second kappa shape index (κ2) is 6.08. The predicted molar refractivity (Wildman–Crippen MR) is 90.4 cm³/mol. The molecule has 4 rings (SSSR count). The van der Waals surface area contributed by atoms with Crippen LogP contribution in [0.3, 0.4) is 0 Å². The first-order chi connectivity index (χ1) is 12.9. The van der Waals surface area contributed by atoms with E-state index in [0.29, 0.717) is 16.7 Å². The molecule has 5 nitrogen and oxygen atoms in total. The number of furan rings is 1. The zero-order valence-electron chi connectivity index (χ0n) is 13.9. The lowest BCUT2D eigenvalue weighted by atomic mass is 10.0. The quantitative estimate of drug-likeness (QED) is 0.513. The Bertz CT molecular complexity index is 1090. The molecule has 4 aromatic rings. The largest absolute Gasteiger partial charge is 0.507 e. The predicted octanol–water partition coefficient (Wildman–Crippen LogP) is 5.49. The highest BCUT2D eigenvalue weighted by Crippen LogP contribution is 2.46. The van der Waals surface area contributed by atoms with Crippen molar-refractivity contribution in [2.45, 2.75) is 6.18 Å². The van der Waals surface area contributed by atoms with E-state index in [2.05, 4.69) is 5.16 Å². The minimum absolute atomic E-state index is 0.0363. The molecule has 0 bridgehead atoms. The smallest absolute Gasteiger partial charge is 0.437 e. The van der Waals surface area contributed by atoms with E-state index in [1.807, 2.05) is 0 Å². The van der Waals surface area contributed by atoms with Gasteiger partial charge in [-0.15, -0.1) is 0 Å². The van der Waals surface area contributed by atoms with Crippen LogP contribution in [0.5, 0.6) is 11.5 Å². The maximum Gasteiger partial charge on any atom is 0.437 e. The number of fused-ring (bicyclic) bond motifs is 1. The van der Waals surface area contributed by atoms with Crippen LogP contribution in [0.1, 0.15) is 5.69 Å². The van der Waals surface area contributed by atoms with E-state index in [9.17, 15) is 18.3 Å². The van der Waals surface area contributed by atoms with Gasteiger partial charge in [0, 0.05) is 11.5 Å². The van der Waals surface area contributed by atoms with Crippen LogP contribution < -0.4 is 4.74 Å². The van der Waals surface area contributed by atoms with Crippen molar-refractivity contribution < 1.29 is 32.0 Å². The number of hydrogen-bond donors (Lipinski definition) is 1. The normalized spacial score (nSPS) is 11.9. The molecule has 0 radical (unpaired) electrons. The van der Waals surface area contributed by atoms with Gasteiger partial charge in [0.1, 0.15) is 22.8 Å². The first kappa shape index (κ1) is 17.0. The van der Waals surface area contributed by atoms with E-state index < -0.39 is 11.9 Å². The van der Waals surface area contributed by atoms with Gasteiger partial charge in [-0.2, -0.15) is 13.2 Å². The molecular formula is C19H12F3NO4. The molecule has 0 spiro atoms. The number of rotatable bonds is 3. The number of para-hydroxylation sites is 1. The number of methoxy groups -OCH3 is 1. The average molecular weight is 375 g/mol. The van der Waals surface area contributed by atoms with Crippen LogP contribution in [0.4, 0.5) is 13.2 Å². The van der Waals surface area contributed by atoms with Crippen molar-refractivity contribution in [2.24, 2.45) is 0 Å². The van der Waals surface area contributed by atoms with Crippen molar-refractivity contribution >= 4 is 11.0 Å². The number of ether oxygens (including phenoxy) is 1. The van der Waals surface area contributed by atoms with Crippen LogP contribution in [-0.2, 0) is 6.18 Å². The molecule has 0 atom stereocenters. The number of phenolic OH excluding ortho intramolecular Hbond substituents is 1. The van der Waals surface area contributed by atoms with Gasteiger partial charge >= 0.3 is 6.18 Å². The molecular weight excluding hydrogens is 363 g/mol. The van der Waals surface area contributed by atoms with Gasteiger partial charge in [-0.1, -0.05) is 23.4 Å². The minimum atomic E-state index is -4.77. The molecule has 0 unspecified atom stereocenters. The van der Waals surface area contributed by atoms with Crippen LogP contribution in [0.25, 0.3) is 33.6 Å². The van der Waals surface area contributed by atoms with Crippen molar-refractivity contribution in [3.8, 4) is 34.1 Å². The van der Waals surface area contributed by atoms with Crippen LogP contribution >= 0.6 is 0 Å². The van der Waals surface area contributed by atoms with Gasteiger partial charge in [0.2, 0.25) is 0 Å². The lowest BCUT2D eigenvalue weighted by molar-refractivity contribution is -0.142. The first-order valence-corrected chi connectivity index (χ1v) is 7.81. The second-order valence-electron chi connectivity index (χ2n) is 5.76. The van der Waals surface area contributed by atoms with Crippen LogP contribution in [0, 0.1) is 0 Å². The molecule has 0 amide bonds. The molecule has 2 heterocycles. The van der Waals surface area contributed by atoms with E-state index >= 15 is 0 Å². The zero-order chi connectivity index (χ0) is 19.2. The summed E-state index contributed by atoms with van der Waals surface area (Å²) in [7, 11) is 1.41. The van der Waals surface area contributed by atoms with E-state index in [1.165, 1.54) is 31.4 Å². The Labute approximate surface area is 150 Å². The highest BCUT2D eigenvalue weighted by molar-refractivity contribution is 5.88. The number of hydrogen-bond acceptors (Lipinski definition) is 5. The summed E-state index contributed by atoms with van der Waals surface area (Å²) >= 11 is 0. The van der Waals surface area contributed by atoms with Crippen molar-refractivity contribution in [1.82, 2.24) is 5.16 Å². The third kappa shape index (κ3) is 2.88. The summed E-state index contributed by atoms with van der Waals surface area (Å²) in [6.07, 6.45) is -4.77. The SMILES string of the molecule is COc1ccc(-c2onc(C(F)(F)F)c2-c2cc3ccccc3o2)c(O)c1. The van der Waals surface area contributed by atoms with Gasteiger partial charge in [0.15, 0.2) is 11.5 Å². The molecule has 0 fully saturated rings. The number of aromatic nitrogens is 1. The molecule has 2 aromatic carbocycles. The second-order valence-corrected chi connectivity index (χ2v) is 5.76. The molecule has 8 heteroatoms. The van der Waals surface area contributed by atoms with Crippen LogP contribution in [0.2, 0.25) is 0 Å². The van der Waals surface area contributed by atoms with Crippen molar-refractivity contribution in [2.75, 3.05) is 7.11 Å². The Morgan fingerprint density at radius 2 is 1.85 bits per heavy atom. The summed E-state index contributed by atoms with van der Waals surface area (Å²) in [6.45, 7) is 0. The number of benzene rings is 2. The standard InChI is InChI=1S/C19H12F3NO4/c1-25-11-6-7-12(13(24)9-11)17-16(18(23-27-17)19(20,21)22)15-8-10-4-2-3-5-14(10)26-15/h2-9,24H,1H3. The Balaban J connectivity index is 1.97. The third-order valence-corrected chi connectivity index (χ3v) is 4.08. The van der Waals surface area contributed by atoms with E-state index in [1.54, 1.807) is 24.3 Å². The summed E-state index contributed by atoms with van der Waals surface area (Å²) in [5, 5.41) is 14.0. The summed E-state index contributed by atoms with van der Waals surface area (Å²) in [5.74, 6) is -0.273. The van der Waals surface area contributed by atoms with E-state index in [0.717, 1.165) is 0 Å². The first-order valence-electron chi connectivity index (χ1n) is 7.81. The number of alkyl halides is 3. The number of aromatic hydroxyl groups is 1. The molecule has 0 aliphatic heterocycles. The topological polar surface area (TPSA) is 68.6 Å². The van der Waals surface area contributed by atoms with Crippen molar-refractivity contribution in [3.63, 3.8) is 0 Å². The van der Waals surface area contributed by atoms with Crippen LogP contribution in [0.15, 0.2) is 57.5 Å². The van der Waals surface area contributed by atoms with Gasteiger partial charge in [-0.05, 0) is 24.3 Å². The molecule has 138 valence electrons. The Kier molecular flexibility index (Phi) is 3.83. The van der Waals surface area contributed by atoms with Gasteiger partial charge in [-0.3, -0.25) is 0 Å². The lowest BCUT2D eigenvalue weighted by Crippen LogP contribution is -2.07. The Morgan fingerprint density at radius 3 is 2.52 bits per heavy atom. The van der Waals surface area contributed by atoms with Crippen molar-refractivity contribution in [1.29, 1.82) is 0 Å². The summed E-state index contributed by atoms with van der Waals surface area (Å²) in [5.41, 5.74) is -1.15. The third-order valence-electron chi connectivity index (χ3n) is 4.08.